The topological polar surface area (TPSA) is 58.1 Å². The summed E-state index contributed by atoms with van der Waals surface area (Å²) in [6.45, 7) is 2.85. The zero-order chi connectivity index (χ0) is 22.1. The smallest absolute Gasteiger partial charge is 0.254 e. The number of pyridine rings is 1. The fraction of sp³-hybridized carbons (Fsp3) is 0.269. The standard InChI is InChI=1S/C26H26N4OS/c1-17(27-2)19-10-6-11-20(16-19)26(31)30-15-7-12-22(30)24-29-23-21(13-14-28-25(23)32-24)18-8-4-3-5-9-18/h3-6,8-11,13-14,16-17,22,27H,7,12,15H2,1-2H3/t17?,22-/m0/s1. The monoisotopic (exact) mass is 442 g/mol. The number of nitrogens with zero attached hydrogens (tertiary/aromatic N) is 3. The number of nitrogens with one attached hydrogen (secondary N) is 1. The molecule has 2 aromatic heterocycles. The predicted octanol–water partition coefficient (Wildman–Crippen LogP) is 5.62. The molecule has 0 saturated carbocycles. The number of amides is 1. The minimum Gasteiger partial charge on any atom is -0.329 e. The van der Waals surface area contributed by atoms with Gasteiger partial charge in [-0.2, -0.15) is 0 Å². The number of rotatable bonds is 5. The lowest BCUT2D eigenvalue weighted by atomic mass is 10.0. The number of carbonyl (C=O) groups is 1. The van der Waals surface area contributed by atoms with Gasteiger partial charge in [0.2, 0.25) is 0 Å². The highest BCUT2D eigenvalue weighted by Crippen LogP contribution is 2.39. The quantitative estimate of drug-likeness (QED) is 0.436. The van der Waals surface area contributed by atoms with E-state index in [1.54, 1.807) is 11.3 Å². The zero-order valence-electron chi connectivity index (χ0n) is 18.3. The van der Waals surface area contributed by atoms with Gasteiger partial charge in [0.05, 0.1) is 6.04 Å². The molecule has 1 aliphatic heterocycles. The Morgan fingerprint density at radius 2 is 2.00 bits per heavy atom. The molecule has 2 aromatic carbocycles. The van der Waals surface area contributed by atoms with Crippen molar-refractivity contribution in [1.29, 1.82) is 0 Å². The van der Waals surface area contributed by atoms with Crippen molar-refractivity contribution in [3.63, 3.8) is 0 Å². The fourth-order valence-corrected chi connectivity index (χ4v) is 5.46. The average molecular weight is 443 g/mol. The van der Waals surface area contributed by atoms with Gasteiger partial charge in [-0.3, -0.25) is 4.79 Å². The molecule has 2 atom stereocenters. The Bertz CT molecular complexity index is 1250. The van der Waals surface area contributed by atoms with Crippen LogP contribution in [0.5, 0.6) is 0 Å². The molecule has 4 aromatic rings. The van der Waals surface area contributed by atoms with Crippen molar-refractivity contribution < 1.29 is 4.79 Å². The van der Waals surface area contributed by atoms with Crippen molar-refractivity contribution in [3.8, 4) is 11.1 Å². The maximum absolute atomic E-state index is 13.5. The first-order valence-corrected chi connectivity index (χ1v) is 11.9. The van der Waals surface area contributed by atoms with Crippen LogP contribution in [0.25, 0.3) is 21.5 Å². The molecule has 1 fully saturated rings. The lowest BCUT2D eigenvalue weighted by Gasteiger charge is -2.23. The number of hydrogen-bond acceptors (Lipinski definition) is 5. The molecule has 32 heavy (non-hydrogen) atoms. The van der Waals surface area contributed by atoms with Crippen molar-refractivity contribution in [2.45, 2.75) is 31.8 Å². The Morgan fingerprint density at radius 3 is 2.81 bits per heavy atom. The molecule has 0 radical (unpaired) electrons. The average Bonchev–Trinajstić information content (AvgIpc) is 3.50. The molecular weight excluding hydrogens is 416 g/mol. The van der Waals surface area contributed by atoms with Gasteiger partial charge in [0.1, 0.15) is 15.4 Å². The summed E-state index contributed by atoms with van der Waals surface area (Å²) in [5.41, 5.74) is 4.99. The molecule has 1 aliphatic rings. The number of thiazole rings is 1. The Hall–Kier alpha value is -3.09. The van der Waals surface area contributed by atoms with Crippen LogP contribution in [0.15, 0.2) is 66.9 Å². The summed E-state index contributed by atoms with van der Waals surface area (Å²) in [5, 5.41) is 4.22. The maximum atomic E-state index is 13.5. The second kappa shape index (κ2) is 8.81. The molecule has 0 aliphatic carbocycles. The molecule has 162 valence electrons. The van der Waals surface area contributed by atoms with Gasteiger partial charge >= 0.3 is 0 Å². The van der Waals surface area contributed by atoms with Crippen LogP contribution in [0.2, 0.25) is 0 Å². The normalized spacial score (nSPS) is 17.1. The van der Waals surface area contributed by atoms with E-state index >= 15 is 0 Å². The van der Waals surface area contributed by atoms with Gasteiger partial charge in [-0.05, 0) is 56.1 Å². The van der Waals surface area contributed by atoms with Crippen molar-refractivity contribution in [2.24, 2.45) is 0 Å². The van der Waals surface area contributed by atoms with E-state index in [1.165, 1.54) is 0 Å². The Morgan fingerprint density at radius 1 is 1.16 bits per heavy atom. The zero-order valence-corrected chi connectivity index (χ0v) is 19.1. The lowest BCUT2D eigenvalue weighted by molar-refractivity contribution is 0.0735. The summed E-state index contributed by atoms with van der Waals surface area (Å²) >= 11 is 1.61. The van der Waals surface area contributed by atoms with Gasteiger partial charge in [0.25, 0.3) is 5.91 Å². The Kier molecular flexibility index (Phi) is 5.72. The van der Waals surface area contributed by atoms with Crippen LogP contribution in [-0.4, -0.2) is 34.4 Å². The Labute approximate surface area is 192 Å². The highest BCUT2D eigenvalue weighted by molar-refractivity contribution is 7.18. The van der Waals surface area contributed by atoms with E-state index in [4.69, 9.17) is 4.98 Å². The molecule has 0 spiro atoms. The number of fused-ring (bicyclic) bond motifs is 1. The third kappa shape index (κ3) is 3.80. The molecule has 1 N–H and O–H groups in total. The SMILES string of the molecule is CNC(C)c1cccc(C(=O)N2CCC[C@H]2c2nc3c(-c4ccccc4)ccnc3s2)c1. The highest BCUT2D eigenvalue weighted by atomic mass is 32.1. The number of aromatic nitrogens is 2. The molecule has 1 amide bonds. The molecule has 3 heterocycles. The summed E-state index contributed by atoms with van der Waals surface area (Å²) in [4.78, 5) is 26.0. The first-order valence-electron chi connectivity index (χ1n) is 11.0. The molecule has 1 saturated heterocycles. The van der Waals surface area contributed by atoms with E-state index in [9.17, 15) is 4.79 Å². The van der Waals surface area contributed by atoms with Gasteiger partial charge in [0.15, 0.2) is 0 Å². The molecule has 0 bridgehead atoms. The van der Waals surface area contributed by atoms with E-state index in [0.29, 0.717) is 0 Å². The second-order valence-corrected chi connectivity index (χ2v) is 9.23. The van der Waals surface area contributed by atoms with Gasteiger partial charge in [-0.1, -0.05) is 53.8 Å². The van der Waals surface area contributed by atoms with Gasteiger partial charge in [-0.15, -0.1) is 0 Å². The summed E-state index contributed by atoms with van der Waals surface area (Å²) in [6, 6.07) is 20.4. The summed E-state index contributed by atoms with van der Waals surface area (Å²) in [7, 11) is 1.93. The first kappa shape index (κ1) is 20.8. The summed E-state index contributed by atoms with van der Waals surface area (Å²) in [6.07, 6.45) is 3.76. The van der Waals surface area contributed by atoms with Crippen LogP contribution in [0.1, 0.15) is 52.8 Å². The lowest BCUT2D eigenvalue weighted by Crippen LogP contribution is -2.30. The summed E-state index contributed by atoms with van der Waals surface area (Å²) < 4.78 is 0. The molecule has 1 unspecified atom stereocenters. The van der Waals surface area contributed by atoms with E-state index in [1.807, 2.05) is 60.6 Å². The van der Waals surface area contributed by atoms with Crippen LogP contribution in [0.4, 0.5) is 0 Å². The van der Waals surface area contributed by atoms with Crippen LogP contribution in [0, 0.1) is 0 Å². The van der Waals surface area contributed by atoms with E-state index < -0.39 is 0 Å². The summed E-state index contributed by atoms with van der Waals surface area (Å²) in [5.74, 6) is 0.0770. The third-order valence-corrected chi connectivity index (χ3v) is 7.33. The van der Waals surface area contributed by atoms with Crippen molar-refractivity contribution >= 4 is 27.6 Å². The minimum absolute atomic E-state index is 0.00398. The maximum Gasteiger partial charge on any atom is 0.254 e. The molecular formula is C26H26N4OS. The van der Waals surface area contributed by atoms with Crippen LogP contribution in [-0.2, 0) is 0 Å². The largest absolute Gasteiger partial charge is 0.329 e. The third-order valence-electron chi connectivity index (χ3n) is 6.26. The van der Waals surface area contributed by atoms with Crippen LogP contribution < -0.4 is 5.32 Å². The number of benzene rings is 2. The molecule has 6 heteroatoms. The fourth-order valence-electron chi connectivity index (χ4n) is 4.38. The minimum atomic E-state index is -0.00398. The number of carbonyl (C=O) groups excluding carboxylic acids is 1. The van der Waals surface area contributed by atoms with Crippen molar-refractivity contribution in [2.75, 3.05) is 13.6 Å². The highest BCUT2D eigenvalue weighted by Gasteiger charge is 2.33. The number of hydrogen-bond donors (Lipinski definition) is 1. The van der Waals surface area contributed by atoms with E-state index in [2.05, 4.69) is 35.4 Å². The van der Waals surface area contributed by atoms with Crippen molar-refractivity contribution in [1.82, 2.24) is 20.2 Å². The number of likely N-dealkylation sites (tertiary alicyclic amines) is 1. The van der Waals surface area contributed by atoms with Gasteiger partial charge in [-0.25, -0.2) is 9.97 Å². The van der Waals surface area contributed by atoms with Crippen LogP contribution in [0.3, 0.4) is 0 Å². The Balaban J connectivity index is 1.48. The van der Waals surface area contributed by atoms with Crippen LogP contribution >= 0.6 is 11.3 Å². The van der Waals surface area contributed by atoms with E-state index in [0.717, 1.165) is 57.0 Å². The van der Waals surface area contributed by atoms with Gasteiger partial charge in [0, 0.05) is 29.9 Å². The van der Waals surface area contributed by atoms with E-state index in [-0.39, 0.29) is 18.0 Å². The van der Waals surface area contributed by atoms with Gasteiger partial charge < -0.3 is 10.2 Å². The molecule has 5 rings (SSSR count). The second-order valence-electron chi connectivity index (χ2n) is 8.22. The predicted molar refractivity (Wildman–Crippen MR) is 130 cm³/mol. The first-order chi connectivity index (χ1) is 15.7. The molecule has 5 nitrogen and oxygen atoms in total. The van der Waals surface area contributed by atoms with Crippen molar-refractivity contribution in [3.05, 3.63) is 83.0 Å².